The van der Waals surface area contributed by atoms with Crippen LogP contribution in [0.15, 0.2) is 10.7 Å². The van der Waals surface area contributed by atoms with Crippen LogP contribution in [0, 0.1) is 0 Å². The van der Waals surface area contributed by atoms with Gasteiger partial charge in [-0.25, -0.2) is 8.42 Å². The van der Waals surface area contributed by atoms with Gasteiger partial charge in [0.1, 0.15) is 5.69 Å². The average molecular weight is 190 g/mol. The van der Waals surface area contributed by atoms with Crippen LogP contribution in [0.4, 0.5) is 5.69 Å². The first-order valence-corrected chi connectivity index (χ1v) is 4.76. The first-order chi connectivity index (χ1) is 5.43. The van der Waals surface area contributed by atoms with Crippen LogP contribution in [0.2, 0.25) is 0 Å². The van der Waals surface area contributed by atoms with Crippen LogP contribution in [0.25, 0.3) is 0 Å². The lowest BCUT2D eigenvalue weighted by Gasteiger charge is -1.91. The third-order valence-corrected chi connectivity index (χ3v) is 1.98. The number of aromatic nitrogens is 1. The van der Waals surface area contributed by atoms with Gasteiger partial charge < -0.3 is 10.3 Å². The highest BCUT2D eigenvalue weighted by atomic mass is 32.2. The molecule has 0 unspecified atom stereocenters. The highest BCUT2D eigenvalue weighted by Crippen LogP contribution is 2.12. The van der Waals surface area contributed by atoms with E-state index in [-0.39, 0.29) is 5.69 Å². The van der Waals surface area contributed by atoms with Gasteiger partial charge in [0.05, 0.1) is 6.20 Å². The molecular formula is C5H6N2O4S. The molecule has 7 heteroatoms. The van der Waals surface area contributed by atoms with Crippen LogP contribution in [0.5, 0.6) is 0 Å². The molecule has 0 spiro atoms. The second-order valence-corrected chi connectivity index (χ2v) is 4.09. The summed E-state index contributed by atoms with van der Waals surface area (Å²) in [7, 11) is -3.80. The molecule has 0 aliphatic carbocycles. The number of hydrogen-bond donors (Lipinski definition) is 1. The van der Waals surface area contributed by atoms with Crippen LogP contribution >= 0.6 is 0 Å². The summed E-state index contributed by atoms with van der Waals surface area (Å²) in [6, 6.07) is 0. The molecule has 0 aliphatic rings. The smallest absolute Gasteiger partial charge is 0.316 e. The molecule has 0 atom stereocenters. The van der Waals surface area contributed by atoms with E-state index in [0.717, 1.165) is 12.5 Å². The van der Waals surface area contributed by atoms with E-state index in [1.54, 1.807) is 0 Å². The molecule has 0 radical (unpaired) electrons. The zero-order chi connectivity index (χ0) is 9.35. The van der Waals surface area contributed by atoms with Gasteiger partial charge in [0, 0.05) is 6.26 Å². The first kappa shape index (κ1) is 8.72. The quantitative estimate of drug-likeness (QED) is 0.636. The fraction of sp³-hybridized carbons (Fsp3) is 0.200. The van der Waals surface area contributed by atoms with E-state index in [9.17, 15) is 13.2 Å². The number of sulfone groups is 1. The minimum absolute atomic E-state index is 0.0783. The molecule has 12 heavy (non-hydrogen) atoms. The predicted molar refractivity (Wildman–Crippen MR) is 40.1 cm³/mol. The van der Waals surface area contributed by atoms with Gasteiger partial charge in [0.2, 0.25) is 15.6 Å². The van der Waals surface area contributed by atoms with Gasteiger partial charge in [-0.2, -0.15) is 0 Å². The Labute approximate surface area is 68.3 Å². The Morgan fingerprint density at radius 3 is 2.58 bits per heavy atom. The molecule has 0 aliphatic heterocycles. The Morgan fingerprint density at radius 2 is 2.25 bits per heavy atom. The van der Waals surface area contributed by atoms with E-state index in [1.165, 1.54) is 0 Å². The second-order valence-electron chi connectivity index (χ2n) is 2.17. The van der Waals surface area contributed by atoms with Gasteiger partial charge >= 0.3 is 5.12 Å². The molecule has 1 aromatic heterocycles. The van der Waals surface area contributed by atoms with Gasteiger partial charge in [0.15, 0.2) is 0 Å². The zero-order valence-electron chi connectivity index (χ0n) is 6.14. The van der Waals surface area contributed by atoms with Gasteiger partial charge in [-0.1, -0.05) is 5.16 Å². The highest BCUT2D eigenvalue weighted by Gasteiger charge is 2.24. The van der Waals surface area contributed by atoms with E-state index in [0.29, 0.717) is 0 Å². The summed E-state index contributed by atoms with van der Waals surface area (Å²) < 4.78 is 25.7. The van der Waals surface area contributed by atoms with Crippen molar-refractivity contribution in [2.45, 2.75) is 0 Å². The molecular weight excluding hydrogens is 184 g/mol. The van der Waals surface area contributed by atoms with E-state index in [2.05, 4.69) is 9.68 Å². The third kappa shape index (κ3) is 1.45. The lowest BCUT2D eigenvalue weighted by Crippen LogP contribution is -2.13. The van der Waals surface area contributed by atoms with Crippen molar-refractivity contribution in [3.05, 3.63) is 12.0 Å². The summed E-state index contributed by atoms with van der Waals surface area (Å²) in [5, 5.41) is 2.02. The van der Waals surface area contributed by atoms with Gasteiger partial charge in [-0.15, -0.1) is 0 Å². The fourth-order valence-electron chi connectivity index (χ4n) is 0.571. The van der Waals surface area contributed by atoms with Gasteiger partial charge in [-0.05, 0) is 0 Å². The molecule has 0 fully saturated rings. The normalized spacial score (nSPS) is 11.4. The summed E-state index contributed by atoms with van der Waals surface area (Å²) in [6.07, 6.45) is 1.84. The maximum atomic E-state index is 10.9. The molecule has 2 N–H and O–H groups in total. The Morgan fingerprint density at radius 1 is 1.67 bits per heavy atom. The highest BCUT2D eigenvalue weighted by molar-refractivity contribution is 8.06. The van der Waals surface area contributed by atoms with Crippen LogP contribution in [0.1, 0.15) is 10.6 Å². The van der Waals surface area contributed by atoms with Gasteiger partial charge in [0.25, 0.3) is 0 Å². The molecule has 66 valence electrons. The molecule has 1 aromatic rings. The number of hydrogen-bond acceptors (Lipinski definition) is 6. The van der Waals surface area contributed by atoms with Crippen LogP contribution in [-0.4, -0.2) is 24.9 Å². The summed E-state index contributed by atoms with van der Waals surface area (Å²) >= 11 is 0. The molecule has 0 amide bonds. The minimum atomic E-state index is -3.80. The molecule has 0 bridgehead atoms. The van der Waals surface area contributed by atoms with Crippen molar-refractivity contribution < 1.29 is 17.7 Å². The van der Waals surface area contributed by atoms with E-state index >= 15 is 0 Å². The number of nitrogens with two attached hydrogens (primary N) is 1. The fourth-order valence-corrected chi connectivity index (χ4v) is 1.06. The van der Waals surface area contributed by atoms with Crippen molar-refractivity contribution in [1.82, 2.24) is 5.16 Å². The van der Waals surface area contributed by atoms with Gasteiger partial charge in [-0.3, -0.25) is 4.79 Å². The van der Waals surface area contributed by atoms with Crippen molar-refractivity contribution in [1.29, 1.82) is 0 Å². The number of carbonyl (C=O) groups is 1. The number of nitrogens with zero attached hydrogens (tertiary/aromatic N) is 1. The Kier molecular flexibility index (Phi) is 1.89. The van der Waals surface area contributed by atoms with Crippen LogP contribution in [-0.2, 0) is 9.84 Å². The predicted octanol–water partition coefficient (Wildman–Crippen LogP) is -0.558. The Balaban J connectivity index is 3.19. The van der Waals surface area contributed by atoms with E-state index < -0.39 is 20.7 Å². The van der Waals surface area contributed by atoms with Crippen LogP contribution < -0.4 is 5.73 Å². The SMILES string of the molecule is CS(=O)(=O)C(=O)c1oncc1N. The summed E-state index contributed by atoms with van der Waals surface area (Å²) in [6.45, 7) is 0. The maximum Gasteiger partial charge on any atom is 0.316 e. The zero-order valence-corrected chi connectivity index (χ0v) is 6.96. The van der Waals surface area contributed by atoms with Crippen molar-refractivity contribution in [3.8, 4) is 0 Å². The molecule has 1 rings (SSSR count). The van der Waals surface area contributed by atoms with Crippen molar-refractivity contribution in [3.63, 3.8) is 0 Å². The van der Waals surface area contributed by atoms with Crippen molar-refractivity contribution >= 4 is 20.6 Å². The third-order valence-electron chi connectivity index (χ3n) is 1.12. The molecule has 6 nitrogen and oxygen atoms in total. The maximum absolute atomic E-state index is 10.9. The van der Waals surface area contributed by atoms with E-state index in [4.69, 9.17) is 5.73 Å². The standard InChI is InChI=1S/C5H6N2O4S/c1-12(9,10)5(8)4-3(6)2-7-11-4/h2H,6H2,1H3. The number of rotatable bonds is 1. The number of carbonyl (C=O) groups excluding carboxylic acids is 1. The van der Waals surface area contributed by atoms with Crippen LogP contribution in [0.3, 0.4) is 0 Å². The molecule has 0 saturated heterocycles. The topological polar surface area (TPSA) is 103 Å². The summed E-state index contributed by atoms with van der Waals surface area (Å²) in [5.74, 6) is -0.433. The molecule has 1 heterocycles. The lowest BCUT2D eigenvalue weighted by molar-refractivity contribution is 0.104. The number of nitrogen functional groups attached to an aromatic ring is 1. The largest absolute Gasteiger partial charge is 0.394 e. The lowest BCUT2D eigenvalue weighted by atomic mass is 10.4. The van der Waals surface area contributed by atoms with E-state index in [1.807, 2.05) is 0 Å². The average Bonchev–Trinajstić information content (AvgIpc) is 2.31. The second kappa shape index (κ2) is 2.59. The Hall–Kier alpha value is -1.37. The monoisotopic (exact) mass is 190 g/mol. The molecule has 0 saturated carbocycles. The van der Waals surface area contributed by atoms with Crippen molar-refractivity contribution in [2.24, 2.45) is 0 Å². The summed E-state index contributed by atoms with van der Waals surface area (Å²) in [4.78, 5) is 10.9. The molecule has 0 aromatic carbocycles. The minimum Gasteiger partial charge on any atom is -0.394 e. The number of anilines is 1. The Bertz CT molecular complexity index is 405. The first-order valence-electron chi connectivity index (χ1n) is 2.87. The summed E-state index contributed by atoms with van der Waals surface area (Å²) in [5.41, 5.74) is 5.12. The van der Waals surface area contributed by atoms with Crippen molar-refractivity contribution in [2.75, 3.05) is 12.0 Å².